The van der Waals surface area contributed by atoms with E-state index in [1.165, 1.54) is 0 Å². The van der Waals surface area contributed by atoms with Crippen LogP contribution in [0.2, 0.25) is 0 Å². The molecule has 1 aromatic heterocycles. The number of hydrogen-bond donors (Lipinski definition) is 0. The van der Waals surface area contributed by atoms with Gasteiger partial charge in [-0.25, -0.2) is 0 Å². The maximum Gasteiger partial charge on any atom is 0.222 e. The van der Waals surface area contributed by atoms with Gasteiger partial charge >= 0.3 is 0 Å². The molecule has 1 aliphatic rings. The second kappa shape index (κ2) is 5.44. The fraction of sp³-hybridized carbons (Fsp3) is 0.727. The van der Waals surface area contributed by atoms with Crippen LogP contribution in [0.4, 0.5) is 5.13 Å². The van der Waals surface area contributed by atoms with E-state index >= 15 is 0 Å². The molecule has 0 atom stereocenters. The van der Waals surface area contributed by atoms with Crippen molar-refractivity contribution < 1.29 is 4.79 Å². The second-order valence-electron chi connectivity index (χ2n) is 4.22. The third-order valence-corrected chi connectivity index (χ3v) is 3.78. The van der Waals surface area contributed by atoms with E-state index in [9.17, 15) is 4.79 Å². The first-order chi connectivity index (χ1) is 8.20. The topological polar surface area (TPSA) is 49.3 Å². The molecule has 0 saturated carbocycles. The zero-order chi connectivity index (χ0) is 12.3. The molecule has 6 heteroatoms. The van der Waals surface area contributed by atoms with Gasteiger partial charge < -0.3 is 9.80 Å². The molecule has 0 radical (unpaired) electrons. The van der Waals surface area contributed by atoms with Crippen molar-refractivity contribution in [2.75, 3.05) is 31.1 Å². The van der Waals surface area contributed by atoms with Crippen molar-refractivity contribution in [1.82, 2.24) is 15.1 Å². The first-order valence-corrected chi connectivity index (χ1v) is 6.85. The standard InChI is InChI=1S/C11H18N4OS/c1-3-4-10(16)14-5-7-15(8-6-14)11-13-12-9(2)17-11/h3-8H2,1-2H3. The molecule has 1 aromatic rings. The van der Waals surface area contributed by atoms with Gasteiger partial charge in [0, 0.05) is 32.6 Å². The molecule has 0 unspecified atom stereocenters. The number of aryl methyl sites for hydroxylation is 1. The molecule has 5 nitrogen and oxygen atoms in total. The number of piperazine rings is 1. The van der Waals surface area contributed by atoms with E-state index in [0.29, 0.717) is 6.42 Å². The smallest absolute Gasteiger partial charge is 0.222 e. The van der Waals surface area contributed by atoms with Crippen LogP contribution >= 0.6 is 11.3 Å². The molecule has 1 amide bonds. The van der Waals surface area contributed by atoms with Crippen LogP contribution in [-0.4, -0.2) is 47.2 Å². The zero-order valence-corrected chi connectivity index (χ0v) is 11.2. The van der Waals surface area contributed by atoms with Gasteiger partial charge in [0.05, 0.1) is 0 Å². The minimum atomic E-state index is 0.278. The Hall–Kier alpha value is -1.17. The van der Waals surface area contributed by atoms with Gasteiger partial charge in [-0.15, -0.1) is 10.2 Å². The summed E-state index contributed by atoms with van der Waals surface area (Å²) in [6.07, 6.45) is 1.59. The van der Waals surface area contributed by atoms with Crippen LogP contribution in [0.25, 0.3) is 0 Å². The lowest BCUT2D eigenvalue weighted by Gasteiger charge is -2.34. The third kappa shape index (κ3) is 2.94. The van der Waals surface area contributed by atoms with E-state index in [1.807, 2.05) is 18.7 Å². The molecule has 0 N–H and O–H groups in total. The lowest BCUT2D eigenvalue weighted by atomic mass is 10.2. The largest absolute Gasteiger partial charge is 0.343 e. The Balaban J connectivity index is 1.88. The highest BCUT2D eigenvalue weighted by atomic mass is 32.1. The normalized spacial score (nSPS) is 16.4. The van der Waals surface area contributed by atoms with E-state index in [1.54, 1.807) is 11.3 Å². The first kappa shape index (κ1) is 12.3. The molecule has 1 saturated heterocycles. The number of aromatic nitrogens is 2. The minimum absolute atomic E-state index is 0.278. The van der Waals surface area contributed by atoms with Gasteiger partial charge in [0.25, 0.3) is 0 Å². The number of hydrogen-bond acceptors (Lipinski definition) is 5. The average Bonchev–Trinajstić information content (AvgIpc) is 2.76. The van der Waals surface area contributed by atoms with E-state index in [-0.39, 0.29) is 5.91 Å². The van der Waals surface area contributed by atoms with E-state index in [0.717, 1.165) is 42.7 Å². The average molecular weight is 254 g/mol. The number of carbonyl (C=O) groups is 1. The van der Waals surface area contributed by atoms with Crippen LogP contribution < -0.4 is 4.90 Å². The predicted molar refractivity (Wildman–Crippen MR) is 68.3 cm³/mol. The van der Waals surface area contributed by atoms with Gasteiger partial charge in [0.15, 0.2) is 0 Å². The van der Waals surface area contributed by atoms with Gasteiger partial charge in [0.1, 0.15) is 5.01 Å². The van der Waals surface area contributed by atoms with Gasteiger partial charge in [-0.2, -0.15) is 0 Å². The molecule has 0 spiro atoms. The highest BCUT2D eigenvalue weighted by Gasteiger charge is 2.22. The number of amides is 1. The van der Waals surface area contributed by atoms with Crippen molar-refractivity contribution >= 4 is 22.4 Å². The Labute approximate surface area is 105 Å². The maximum atomic E-state index is 11.7. The van der Waals surface area contributed by atoms with Crippen LogP contribution in [-0.2, 0) is 4.79 Å². The number of carbonyl (C=O) groups excluding carboxylic acids is 1. The summed E-state index contributed by atoms with van der Waals surface area (Å²) in [6.45, 7) is 7.34. The van der Waals surface area contributed by atoms with Crippen LogP contribution in [0.3, 0.4) is 0 Å². The minimum Gasteiger partial charge on any atom is -0.343 e. The Kier molecular flexibility index (Phi) is 3.93. The van der Waals surface area contributed by atoms with Crippen LogP contribution in [0.5, 0.6) is 0 Å². The fourth-order valence-electron chi connectivity index (χ4n) is 1.93. The maximum absolute atomic E-state index is 11.7. The lowest BCUT2D eigenvalue weighted by Crippen LogP contribution is -2.48. The van der Waals surface area contributed by atoms with E-state index in [4.69, 9.17) is 0 Å². The Morgan fingerprint density at radius 3 is 2.53 bits per heavy atom. The van der Waals surface area contributed by atoms with Crippen LogP contribution in [0, 0.1) is 6.92 Å². The fourth-order valence-corrected chi connectivity index (χ4v) is 2.67. The van der Waals surface area contributed by atoms with Crippen molar-refractivity contribution in [2.24, 2.45) is 0 Å². The van der Waals surface area contributed by atoms with Crippen LogP contribution in [0.1, 0.15) is 24.8 Å². The summed E-state index contributed by atoms with van der Waals surface area (Å²) in [7, 11) is 0. The van der Waals surface area contributed by atoms with Gasteiger partial charge in [-0.05, 0) is 13.3 Å². The van der Waals surface area contributed by atoms with E-state index < -0.39 is 0 Å². The summed E-state index contributed by atoms with van der Waals surface area (Å²) < 4.78 is 0. The molecule has 0 aromatic carbocycles. The lowest BCUT2D eigenvalue weighted by molar-refractivity contribution is -0.131. The van der Waals surface area contributed by atoms with Crippen molar-refractivity contribution in [1.29, 1.82) is 0 Å². The molecular weight excluding hydrogens is 236 g/mol. The van der Waals surface area contributed by atoms with Gasteiger partial charge in [-0.1, -0.05) is 18.3 Å². The molecule has 94 valence electrons. The predicted octanol–water partition coefficient (Wildman–Crippen LogP) is 1.30. The molecule has 0 bridgehead atoms. The summed E-state index contributed by atoms with van der Waals surface area (Å²) >= 11 is 1.61. The Bertz CT molecular complexity index is 385. The zero-order valence-electron chi connectivity index (χ0n) is 10.3. The summed E-state index contributed by atoms with van der Waals surface area (Å²) in [4.78, 5) is 15.9. The molecule has 2 heterocycles. The summed E-state index contributed by atoms with van der Waals surface area (Å²) in [6, 6.07) is 0. The van der Waals surface area contributed by atoms with Crippen molar-refractivity contribution in [3.05, 3.63) is 5.01 Å². The highest BCUT2D eigenvalue weighted by molar-refractivity contribution is 7.15. The number of nitrogens with zero attached hydrogens (tertiary/aromatic N) is 4. The Morgan fingerprint density at radius 1 is 1.29 bits per heavy atom. The van der Waals surface area contributed by atoms with Crippen molar-refractivity contribution in [3.8, 4) is 0 Å². The highest BCUT2D eigenvalue weighted by Crippen LogP contribution is 2.20. The third-order valence-electron chi connectivity index (χ3n) is 2.88. The second-order valence-corrected chi connectivity index (χ2v) is 5.38. The van der Waals surface area contributed by atoms with Gasteiger partial charge in [0.2, 0.25) is 11.0 Å². The van der Waals surface area contributed by atoms with Crippen molar-refractivity contribution in [2.45, 2.75) is 26.7 Å². The SMILES string of the molecule is CCCC(=O)N1CCN(c2nnc(C)s2)CC1. The molecule has 1 fully saturated rings. The molecular formula is C11H18N4OS. The summed E-state index contributed by atoms with van der Waals surface area (Å²) in [5, 5.41) is 10.1. The quantitative estimate of drug-likeness (QED) is 0.815. The molecule has 1 aliphatic heterocycles. The molecule has 0 aliphatic carbocycles. The number of rotatable bonds is 3. The summed E-state index contributed by atoms with van der Waals surface area (Å²) in [5.74, 6) is 0.278. The van der Waals surface area contributed by atoms with Crippen molar-refractivity contribution in [3.63, 3.8) is 0 Å². The summed E-state index contributed by atoms with van der Waals surface area (Å²) in [5.41, 5.74) is 0. The van der Waals surface area contributed by atoms with Gasteiger partial charge in [-0.3, -0.25) is 4.79 Å². The first-order valence-electron chi connectivity index (χ1n) is 6.03. The Morgan fingerprint density at radius 2 is 2.00 bits per heavy atom. The van der Waals surface area contributed by atoms with Crippen LogP contribution in [0.15, 0.2) is 0 Å². The molecule has 2 rings (SSSR count). The monoisotopic (exact) mass is 254 g/mol. The van der Waals surface area contributed by atoms with E-state index in [2.05, 4.69) is 15.1 Å². The molecule has 17 heavy (non-hydrogen) atoms. The number of anilines is 1.